The van der Waals surface area contributed by atoms with Crippen molar-refractivity contribution in [3.8, 4) is 0 Å². The molecule has 0 aromatic heterocycles. The van der Waals surface area contributed by atoms with Crippen molar-refractivity contribution in [3.05, 3.63) is 12.3 Å². The third kappa shape index (κ3) is 38.4. The minimum Gasteiger partial charge on any atom is -0.876 e. The van der Waals surface area contributed by atoms with E-state index >= 15 is 0 Å². The first kappa shape index (κ1) is 20.3. The smallest absolute Gasteiger partial charge is 0.305 e. The van der Waals surface area contributed by atoms with Crippen LogP contribution in [0, 0.1) is 5.92 Å². The molecule has 0 aliphatic carbocycles. The van der Waals surface area contributed by atoms with E-state index in [1.54, 1.807) is 13.8 Å². The van der Waals surface area contributed by atoms with Gasteiger partial charge in [0.2, 0.25) is 0 Å². The van der Waals surface area contributed by atoms with Gasteiger partial charge in [0.25, 0.3) is 0 Å². The van der Waals surface area contributed by atoms with Gasteiger partial charge in [-0.05, 0) is 0 Å². The highest BCUT2D eigenvalue weighted by atomic mass is 16.4. The summed E-state index contributed by atoms with van der Waals surface area (Å²) in [6.07, 6.45) is -0.954. The molecule has 0 fully saturated rings. The number of aliphatic carboxylic acids is 1. The van der Waals surface area contributed by atoms with Crippen LogP contribution in [0.4, 0.5) is 0 Å². The predicted molar refractivity (Wildman–Crippen MR) is 57.5 cm³/mol. The molecule has 0 radical (unpaired) electrons. The molecule has 0 spiro atoms. The van der Waals surface area contributed by atoms with E-state index in [4.69, 9.17) is 20.4 Å². The Hall–Kier alpha value is -1.11. The SMILES string of the molecule is C=C(C)[O-].CC(C)C(=O)O.OCC(O)CO. The number of aliphatic hydroxyl groups excluding tert-OH is 3. The zero-order valence-corrected chi connectivity index (χ0v) is 9.88. The molecule has 4 N–H and O–H groups in total. The van der Waals surface area contributed by atoms with Crippen LogP contribution in [0.15, 0.2) is 12.3 Å². The highest BCUT2D eigenvalue weighted by molar-refractivity contribution is 5.68. The van der Waals surface area contributed by atoms with Gasteiger partial charge in [0.1, 0.15) is 6.10 Å². The van der Waals surface area contributed by atoms with Crippen LogP contribution in [0.25, 0.3) is 0 Å². The number of carbonyl (C=O) groups is 1. The maximum atomic E-state index is 9.70. The van der Waals surface area contributed by atoms with Crippen LogP contribution in [-0.4, -0.2) is 45.7 Å². The lowest BCUT2D eigenvalue weighted by Gasteiger charge is -1.96. The van der Waals surface area contributed by atoms with Gasteiger partial charge >= 0.3 is 5.97 Å². The number of hydrogen-bond acceptors (Lipinski definition) is 5. The minimum absolute atomic E-state index is 0.0833. The number of hydrogen-bond donors (Lipinski definition) is 4. The first-order valence-electron chi connectivity index (χ1n) is 4.64. The molecule has 6 nitrogen and oxygen atoms in total. The summed E-state index contributed by atoms with van der Waals surface area (Å²) < 4.78 is 0. The van der Waals surface area contributed by atoms with Crippen LogP contribution >= 0.6 is 0 Å². The van der Waals surface area contributed by atoms with Crippen LogP contribution in [0.5, 0.6) is 0 Å². The summed E-state index contributed by atoms with van der Waals surface area (Å²) in [6.45, 7) is 6.97. The lowest BCUT2D eigenvalue weighted by Crippen LogP contribution is -2.15. The van der Waals surface area contributed by atoms with Gasteiger partial charge in [-0.2, -0.15) is 0 Å². The molecule has 98 valence electrons. The van der Waals surface area contributed by atoms with E-state index in [1.165, 1.54) is 6.92 Å². The Morgan fingerprint density at radius 3 is 1.50 bits per heavy atom. The Bertz CT molecular complexity index is 170. The lowest BCUT2D eigenvalue weighted by atomic mass is 10.2. The molecule has 0 heterocycles. The Kier molecular flexibility index (Phi) is 17.6. The highest BCUT2D eigenvalue weighted by Gasteiger charge is 1.99. The molecule has 0 aromatic carbocycles. The molecule has 0 rings (SSSR count). The summed E-state index contributed by atoms with van der Waals surface area (Å²) in [5, 5.41) is 41.3. The predicted octanol–water partition coefficient (Wildman–Crippen LogP) is -1.06. The molecule has 0 aliphatic heterocycles. The molecule has 0 amide bonds. The number of rotatable bonds is 3. The fourth-order valence-electron chi connectivity index (χ4n) is 0.0577. The van der Waals surface area contributed by atoms with Crippen LogP contribution in [0.2, 0.25) is 0 Å². The zero-order valence-electron chi connectivity index (χ0n) is 9.88. The number of carboxylic acid groups (broad SMARTS) is 1. The molecule has 0 aliphatic rings. The van der Waals surface area contributed by atoms with Crippen molar-refractivity contribution in [2.75, 3.05) is 13.2 Å². The van der Waals surface area contributed by atoms with Crippen LogP contribution in [0.1, 0.15) is 20.8 Å². The van der Waals surface area contributed by atoms with Gasteiger partial charge in [-0.3, -0.25) is 4.79 Å². The first-order valence-corrected chi connectivity index (χ1v) is 4.64. The molecule has 0 aromatic rings. The van der Waals surface area contributed by atoms with Crippen molar-refractivity contribution >= 4 is 5.97 Å². The van der Waals surface area contributed by atoms with Crippen LogP contribution in [0.3, 0.4) is 0 Å². The van der Waals surface area contributed by atoms with Gasteiger partial charge in [-0.15, -0.1) is 12.3 Å². The van der Waals surface area contributed by atoms with Gasteiger partial charge in [-0.25, -0.2) is 0 Å². The average Bonchev–Trinajstić information content (AvgIpc) is 2.16. The Morgan fingerprint density at radius 1 is 1.31 bits per heavy atom. The maximum Gasteiger partial charge on any atom is 0.305 e. The monoisotopic (exact) mass is 237 g/mol. The molecule has 16 heavy (non-hydrogen) atoms. The second-order valence-electron chi connectivity index (χ2n) is 3.21. The molecule has 0 saturated heterocycles. The summed E-state index contributed by atoms with van der Waals surface area (Å²) in [5.41, 5.74) is 0. The van der Waals surface area contributed by atoms with Crippen molar-refractivity contribution in [3.63, 3.8) is 0 Å². The van der Waals surface area contributed by atoms with Crippen molar-refractivity contribution in [1.82, 2.24) is 0 Å². The molecule has 0 atom stereocenters. The third-order valence-corrected chi connectivity index (χ3v) is 0.915. The Labute approximate surface area is 95.5 Å². The van der Waals surface area contributed by atoms with Crippen LogP contribution in [-0.2, 0) is 4.79 Å². The van der Waals surface area contributed by atoms with Crippen molar-refractivity contribution in [2.24, 2.45) is 5.92 Å². The van der Waals surface area contributed by atoms with Gasteiger partial charge in [0.05, 0.1) is 19.1 Å². The summed E-state index contributed by atoms with van der Waals surface area (Å²) in [7, 11) is 0. The molecule has 6 heteroatoms. The number of carboxylic acids is 1. The normalized spacial score (nSPS) is 8.75. The summed E-state index contributed by atoms with van der Waals surface area (Å²) in [6, 6.07) is 0. The number of allylic oxidation sites excluding steroid dienone is 1. The van der Waals surface area contributed by atoms with E-state index in [-0.39, 0.29) is 24.9 Å². The van der Waals surface area contributed by atoms with E-state index in [9.17, 15) is 9.90 Å². The molecule has 0 bridgehead atoms. The molecule has 0 saturated carbocycles. The highest BCUT2D eigenvalue weighted by Crippen LogP contribution is 1.87. The van der Waals surface area contributed by atoms with Crippen LogP contribution < -0.4 is 5.11 Å². The quantitative estimate of drug-likeness (QED) is 0.464. The molecule has 0 unspecified atom stereocenters. The van der Waals surface area contributed by atoms with E-state index < -0.39 is 12.1 Å². The first-order chi connectivity index (χ1) is 7.18. The fraction of sp³-hybridized carbons (Fsp3) is 0.700. The van der Waals surface area contributed by atoms with E-state index in [0.717, 1.165) is 0 Å². The summed E-state index contributed by atoms with van der Waals surface area (Å²) in [5.74, 6) is -1.06. The van der Waals surface area contributed by atoms with Crippen molar-refractivity contribution < 1.29 is 30.3 Å². The second kappa shape index (κ2) is 13.9. The van der Waals surface area contributed by atoms with Crippen molar-refractivity contribution in [2.45, 2.75) is 26.9 Å². The van der Waals surface area contributed by atoms with Gasteiger partial charge in [0.15, 0.2) is 0 Å². The number of aliphatic hydroxyl groups is 3. The maximum absolute atomic E-state index is 9.70. The summed E-state index contributed by atoms with van der Waals surface area (Å²) in [4.78, 5) is 9.70. The minimum atomic E-state index is -0.954. The largest absolute Gasteiger partial charge is 0.876 e. The van der Waals surface area contributed by atoms with E-state index in [1.807, 2.05) is 0 Å². The molecular formula is C10H21O6-. The van der Waals surface area contributed by atoms with Gasteiger partial charge < -0.3 is 25.5 Å². The van der Waals surface area contributed by atoms with Crippen molar-refractivity contribution in [1.29, 1.82) is 0 Å². The van der Waals surface area contributed by atoms with E-state index in [0.29, 0.717) is 0 Å². The fourth-order valence-corrected chi connectivity index (χ4v) is 0.0577. The standard InChI is InChI=1S/C4H8O2.C3H8O3.C3H6O/c1-3(2)4(5)6;4-1-3(6)2-5;1-3(2)4/h3H,1-2H3,(H,5,6);3-6H,1-2H2;4H,1H2,2H3/p-1. The third-order valence-electron chi connectivity index (χ3n) is 0.915. The zero-order chi connectivity index (χ0) is 13.7. The summed E-state index contributed by atoms with van der Waals surface area (Å²) >= 11 is 0. The van der Waals surface area contributed by atoms with Gasteiger partial charge in [0, 0.05) is 0 Å². The van der Waals surface area contributed by atoms with E-state index in [2.05, 4.69) is 6.58 Å². The average molecular weight is 237 g/mol. The Balaban J connectivity index is -0.000000162. The topological polar surface area (TPSA) is 121 Å². The molecular weight excluding hydrogens is 216 g/mol. The second-order valence-corrected chi connectivity index (χ2v) is 3.21. The van der Waals surface area contributed by atoms with Gasteiger partial charge in [-0.1, -0.05) is 20.8 Å². The Morgan fingerprint density at radius 2 is 1.50 bits per heavy atom. The lowest BCUT2D eigenvalue weighted by molar-refractivity contribution is -0.300.